The molecule has 0 saturated carbocycles. The Labute approximate surface area is 175 Å². The van der Waals surface area contributed by atoms with Gasteiger partial charge in [0, 0.05) is 26.0 Å². The number of nitrogens with zero attached hydrogens (tertiary/aromatic N) is 3. The van der Waals surface area contributed by atoms with Gasteiger partial charge in [-0.05, 0) is 24.1 Å². The van der Waals surface area contributed by atoms with Crippen molar-refractivity contribution in [2.75, 3.05) is 19.4 Å². The summed E-state index contributed by atoms with van der Waals surface area (Å²) in [4.78, 5) is 25.8. The zero-order chi connectivity index (χ0) is 22.1. The van der Waals surface area contributed by atoms with E-state index in [9.17, 15) is 18.0 Å². The van der Waals surface area contributed by atoms with Crippen molar-refractivity contribution >= 4 is 32.4 Å². The van der Waals surface area contributed by atoms with Crippen LogP contribution in [0.5, 0.6) is 0 Å². The van der Waals surface area contributed by atoms with Crippen LogP contribution < -0.4 is 10.9 Å². The third kappa shape index (κ3) is 4.12. The van der Waals surface area contributed by atoms with Crippen LogP contribution in [0.3, 0.4) is 0 Å². The second kappa shape index (κ2) is 8.37. The molecule has 0 unspecified atom stereocenters. The lowest BCUT2D eigenvalue weighted by molar-refractivity contribution is 0.102. The Balaban J connectivity index is 2.12. The molecule has 9 heteroatoms. The minimum absolute atomic E-state index is 0.0249. The Kier molecular flexibility index (Phi) is 6.04. The average molecular weight is 429 g/mol. The van der Waals surface area contributed by atoms with Gasteiger partial charge in [-0.2, -0.15) is 5.10 Å². The number of carbonyl (C=O) groups is 1. The maximum absolute atomic E-state index is 13.1. The summed E-state index contributed by atoms with van der Waals surface area (Å²) in [6.07, 6.45) is 0. The molecule has 0 aliphatic rings. The number of benzene rings is 2. The number of sulfonamides is 1. The van der Waals surface area contributed by atoms with Crippen LogP contribution in [0.25, 0.3) is 10.8 Å². The molecule has 30 heavy (non-hydrogen) atoms. The van der Waals surface area contributed by atoms with E-state index >= 15 is 0 Å². The lowest BCUT2D eigenvalue weighted by atomic mass is 10.1. The van der Waals surface area contributed by atoms with E-state index < -0.39 is 15.9 Å². The van der Waals surface area contributed by atoms with Crippen molar-refractivity contribution in [3.05, 3.63) is 64.6 Å². The lowest BCUT2D eigenvalue weighted by Gasteiger charge is -2.16. The van der Waals surface area contributed by atoms with Crippen LogP contribution in [0.15, 0.2) is 58.2 Å². The largest absolute Gasteiger partial charge is 0.319 e. The number of fused-ring (bicyclic) bond motifs is 1. The smallest absolute Gasteiger partial charge is 0.276 e. The number of para-hydroxylation sites is 1. The summed E-state index contributed by atoms with van der Waals surface area (Å²) in [5.74, 6) is -0.441. The molecule has 1 amide bonds. The van der Waals surface area contributed by atoms with Gasteiger partial charge in [0.1, 0.15) is 4.90 Å². The van der Waals surface area contributed by atoms with Gasteiger partial charge in [0.25, 0.3) is 11.5 Å². The summed E-state index contributed by atoms with van der Waals surface area (Å²) < 4.78 is 27.6. The molecule has 0 aliphatic carbocycles. The zero-order valence-corrected chi connectivity index (χ0v) is 18.1. The predicted molar refractivity (Wildman–Crippen MR) is 116 cm³/mol. The van der Waals surface area contributed by atoms with Crippen molar-refractivity contribution in [2.45, 2.75) is 25.3 Å². The van der Waals surface area contributed by atoms with E-state index in [1.165, 1.54) is 30.9 Å². The topological polar surface area (TPSA) is 101 Å². The number of hydrogen-bond acceptors (Lipinski definition) is 5. The van der Waals surface area contributed by atoms with Crippen molar-refractivity contribution in [1.29, 1.82) is 0 Å². The minimum atomic E-state index is -3.77. The van der Waals surface area contributed by atoms with E-state index in [1.807, 2.05) is 13.8 Å². The Morgan fingerprint density at radius 1 is 1.07 bits per heavy atom. The van der Waals surface area contributed by atoms with Crippen LogP contribution in [0.1, 0.15) is 24.3 Å². The second-order valence-corrected chi connectivity index (χ2v) is 9.63. The Morgan fingerprint density at radius 2 is 1.67 bits per heavy atom. The number of hydrogen-bond donors (Lipinski definition) is 1. The maximum Gasteiger partial charge on any atom is 0.276 e. The molecule has 1 aromatic heterocycles. The molecule has 2 aromatic carbocycles. The van der Waals surface area contributed by atoms with Crippen LogP contribution in [0.2, 0.25) is 0 Å². The fraction of sp³-hybridized carbons (Fsp3) is 0.286. The molecule has 3 rings (SSSR count). The van der Waals surface area contributed by atoms with Gasteiger partial charge in [0.05, 0.1) is 11.1 Å². The first-order chi connectivity index (χ1) is 14.1. The van der Waals surface area contributed by atoms with Gasteiger partial charge in [-0.25, -0.2) is 17.4 Å². The molecule has 3 aromatic rings. The van der Waals surface area contributed by atoms with E-state index in [0.29, 0.717) is 17.3 Å². The molecule has 1 heterocycles. The quantitative estimate of drug-likeness (QED) is 0.650. The second-order valence-electron chi connectivity index (χ2n) is 7.51. The molecular formula is C21H24N4O4S. The number of carbonyl (C=O) groups excluding carboxylic acids is 1. The summed E-state index contributed by atoms with van der Waals surface area (Å²) >= 11 is 0. The third-order valence-corrected chi connectivity index (χ3v) is 6.39. The van der Waals surface area contributed by atoms with E-state index in [2.05, 4.69) is 10.4 Å². The van der Waals surface area contributed by atoms with E-state index in [0.717, 1.165) is 4.31 Å². The highest BCUT2D eigenvalue weighted by Crippen LogP contribution is 2.24. The van der Waals surface area contributed by atoms with Crippen LogP contribution in [-0.4, -0.2) is 42.5 Å². The van der Waals surface area contributed by atoms with Gasteiger partial charge >= 0.3 is 0 Å². The van der Waals surface area contributed by atoms with Crippen LogP contribution in [0.4, 0.5) is 5.69 Å². The predicted octanol–water partition coefficient (Wildman–Crippen LogP) is 2.56. The molecule has 0 bridgehead atoms. The maximum atomic E-state index is 13.1. The number of amides is 1. The molecular weight excluding hydrogens is 404 g/mol. The summed E-state index contributed by atoms with van der Waals surface area (Å²) in [6, 6.07) is 12.9. The van der Waals surface area contributed by atoms with Crippen molar-refractivity contribution in [1.82, 2.24) is 14.1 Å². The van der Waals surface area contributed by atoms with Gasteiger partial charge in [-0.15, -0.1) is 0 Å². The zero-order valence-electron chi connectivity index (χ0n) is 17.3. The summed E-state index contributed by atoms with van der Waals surface area (Å²) in [5, 5.41) is 7.75. The summed E-state index contributed by atoms with van der Waals surface area (Å²) in [6.45, 7) is 4.26. The first-order valence-corrected chi connectivity index (χ1v) is 10.9. The highest BCUT2D eigenvalue weighted by molar-refractivity contribution is 7.89. The minimum Gasteiger partial charge on any atom is -0.319 e. The molecule has 8 nitrogen and oxygen atoms in total. The molecule has 0 spiro atoms. The van der Waals surface area contributed by atoms with Gasteiger partial charge in [-0.3, -0.25) is 9.59 Å². The molecule has 0 aliphatic heterocycles. The van der Waals surface area contributed by atoms with Crippen molar-refractivity contribution in [2.24, 2.45) is 5.92 Å². The lowest BCUT2D eigenvalue weighted by Crippen LogP contribution is -2.29. The molecule has 0 atom stereocenters. The summed E-state index contributed by atoms with van der Waals surface area (Å²) in [5.41, 5.74) is -0.0713. The van der Waals surface area contributed by atoms with Gasteiger partial charge in [0.2, 0.25) is 10.0 Å². The van der Waals surface area contributed by atoms with Crippen molar-refractivity contribution < 1.29 is 13.2 Å². The molecule has 0 radical (unpaired) electrons. The van der Waals surface area contributed by atoms with E-state index in [1.54, 1.807) is 36.4 Å². The molecule has 1 N–H and O–H groups in total. The monoisotopic (exact) mass is 428 g/mol. The van der Waals surface area contributed by atoms with Crippen LogP contribution in [-0.2, 0) is 16.6 Å². The molecule has 0 fully saturated rings. The van der Waals surface area contributed by atoms with Crippen molar-refractivity contribution in [3.63, 3.8) is 0 Å². The van der Waals surface area contributed by atoms with E-state index in [4.69, 9.17) is 0 Å². The first-order valence-electron chi connectivity index (χ1n) is 9.45. The first kappa shape index (κ1) is 21.7. The highest BCUT2D eigenvalue weighted by atomic mass is 32.2. The van der Waals surface area contributed by atoms with Gasteiger partial charge < -0.3 is 5.32 Å². The fourth-order valence-electron chi connectivity index (χ4n) is 3.05. The molecule has 0 saturated heterocycles. The van der Waals surface area contributed by atoms with Crippen LogP contribution >= 0.6 is 0 Å². The van der Waals surface area contributed by atoms with Gasteiger partial charge in [-0.1, -0.05) is 44.2 Å². The van der Waals surface area contributed by atoms with E-state index in [-0.39, 0.29) is 27.8 Å². The standard InChI is InChI=1S/C21H24N4O4S/c1-14(2)13-25-21(27)16-10-6-5-9-15(16)19(23-25)20(26)22-17-11-7-8-12-18(17)30(28,29)24(3)4/h5-12,14H,13H2,1-4H3,(H,22,26). The Morgan fingerprint density at radius 3 is 2.30 bits per heavy atom. The summed E-state index contributed by atoms with van der Waals surface area (Å²) in [7, 11) is -0.923. The SMILES string of the molecule is CC(C)Cn1nc(C(=O)Nc2ccccc2S(=O)(=O)N(C)C)c2ccccc2c1=O. The Bertz CT molecular complexity index is 1260. The number of anilines is 1. The Hall–Kier alpha value is -3.04. The normalized spacial score (nSPS) is 11.9. The number of aromatic nitrogens is 2. The number of rotatable bonds is 6. The van der Waals surface area contributed by atoms with Crippen LogP contribution in [0, 0.1) is 5.92 Å². The van der Waals surface area contributed by atoms with Crippen molar-refractivity contribution in [3.8, 4) is 0 Å². The number of nitrogens with one attached hydrogen (secondary N) is 1. The average Bonchev–Trinajstić information content (AvgIpc) is 2.70. The third-order valence-electron chi connectivity index (χ3n) is 4.51. The highest BCUT2D eigenvalue weighted by Gasteiger charge is 2.23. The molecule has 158 valence electrons. The fourth-order valence-corrected chi connectivity index (χ4v) is 4.09. The van der Waals surface area contributed by atoms with Gasteiger partial charge in [0.15, 0.2) is 5.69 Å².